The second kappa shape index (κ2) is 7.07. The van der Waals surface area contributed by atoms with E-state index in [1.807, 2.05) is 12.1 Å². The summed E-state index contributed by atoms with van der Waals surface area (Å²) < 4.78 is 5.45. The summed E-state index contributed by atoms with van der Waals surface area (Å²) in [5.41, 5.74) is 1.26. The van der Waals surface area contributed by atoms with Gasteiger partial charge in [0.15, 0.2) is 0 Å². The number of nitrogens with zero attached hydrogens (tertiary/aromatic N) is 3. The molecule has 5 aliphatic rings. The second-order valence-electron chi connectivity index (χ2n) is 8.70. The second-order valence-corrected chi connectivity index (χ2v) is 8.70. The predicted molar refractivity (Wildman–Crippen MR) is 105 cm³/mol. The van der Waals surface area contributed by atoms with Gasteiger partial charge in [0.2, 0.25) is 11.8 Å². The number of piperidine rings is 3. The molecule has 28 heavy (non-hydrogen) atoms. The Bertz CT molecular complexity index is 774. The lowest BCUT2D eigenvalue weighted by Gasteiger charge is -2.51. The zero-order valence-corrected chi connectivity index (χ0v) is 16.5. The third kappa shape index (κ3) is 2.89. The molecular weight excluding hydrogens is 354 g/mol. The highest BCUT2D eigenvalue weighted by Gasteiger charge is 2.54. The largest absolute Gasteiger partial charge is 0.497 e. The fourth-order valence-corrected chi connectivity index (χ4v) is 6.00. The lowest BCUT2D eigenvalue weighted by atomic mass is 9.75. The molecule has 3 atom stereocenters. The summed E-state index contributed by atoms with van der Waals surface area (Å²) in [6.45, 7) is 4.00. The number of likely N-dealkylation sites (tertiary alicyclic amines) is 2. The molecule has 0 unspecified atom stereocenters. The third-order valence-corrected chi connectivity index (χ3v) is 7.33. The van der Waals surface area contributed by atoms with Gasteiger partial charge in [-0.15, -0.1) is 0 Å². The van der Waals surface area contributed by atoms with Crippen LogP contribution in [0.25, 0.3) is 0 Å². The van der Waals surface area contributed by atoms with Crippen molar-refractivity contribution in [3.05, 3.63) is 29.8 Å². The van der Waals surface area contributed by atoms with E-state index < -0.39 is 0 Å². The quantitative estimate of drug-likeness (QED) is 0.794. The summed E-state index contributed by atoms with van der Waals surface area (Å²) in [4.78, 5) is 31.8. The molecule has 0 saturated carbocycles. The molecule has 0 N–H and O–H groups in total. The van der Waals surface area contributed by atoms with Crippen LogP contribution in [0, 0.1) is 5.92 Å². The van der Waals surface area contributed by atoms with Crippen molar-refractivity contribution in [1.82, 2.24) is 14.7 Å². The minimum Gasteiger partial charge on any atom is -0.497 e. The first-order valence-electron chi connectivity index (χ1n) is 10.6. The number of amides is 2. The molecule has 0 aliphatic carbocycles. The van der Waals surface area contributed by atoms with Crippen molar-refractivity contribution in [2.45, 2.75) is 43.7 Å². The van der Waals surface area contributed by atoms with Crippen molar-refractivity contribution in [2.24, 2.45) is 5.92 Å². The number of benzene rings is 1. The molecule has 5 aliphatic heterocycles. The third-order valence-electron chi connectivity index (χ3n) is 7.33. The van der Waals surface area contributed by atoms with Crippen LogP contribution in [0.15, 0.2) is 24.3 Å². The highest BCUT2D eigenvalue weighted by Crippen LogP contribution is 2.46. The zero-order chi connectivity index (χ0) is 19.3. The van der Waals surface area contributed by atoms with E-state index in [0.717, 1.165) is 38.3 Å². The minimum absolute atomic E-state index is 0.127. The number of methoxy groups -OCH3 is 1. The number of fused-ring (bicyclic) bond motifs is 2. The summed E-state index contributed by atoms with van der Waals surface area (Å²) in [5, 5.41) is 0. The van der Waals surface area contributed by atoms with Gasteiger partial charge in [0.25, 0.3) is 0 Å². The number of ether oxygens (including phenoxy) is 1. The monoisotopic (exact) mass is 383 g/mol. The molecule has 6 heteroatoms. The first kappa shape index (κ1) is 18.0. The summed E-state index contributed by atoms with van der Waals surface area (Å²) in [5.74, 6) is 2.02. The molecule has 5 saturated heterocycles. The molecule has 1 aromatic rings. The van der Waals surface area contributed by atoms with Gasteiger partial charge in [-0.1, -0.05) is 12.1 Å². The maximum Gasteiger partial charge on any atom is 0.242 e. The number of hydrogen-bond donors (Lipinski definition) is 0. The van der Waals surface area contributed by atoms with Gasteiger partial charge in [0, 0.05) is 31.5 Å². The molecule has 5 heterocycles. The van der Waals surface area contributed by atoms with Gasteiger partial charge in [-0.25, -0.2) is 0 Å². The first-order valence-corrected chi connectivity index (χ1v) is 10.6. The summed E-state index contributed by atoms with van der Waals surface area (Å²) in [6.07, 6.45) is 3.82. The van der Waals surface area contributed by atoms with Crippen LogP contribution in [-0.4, -0.2) is 78.4 Å². The molecule has 5 fully saturated rings. The molecule has 6 rings (SSSR count). The van der Waals surface area contributed by atoms with Gasteiger partial charge in [-0.2, -0.15) is 0 Å². The normalized spacial score (nSPS) is 34.0. The van der Waals surface area contributed by atoms with Crippen LogP contribution >= 0.6 is 0 Å². The van der Waals surface area contributed by atoms with Crippen molar-refractivity contribution >= 4 is 11.8 Å². The van der Waals surface area contributed by atoms with E-state index in [9.17, 15) is 9.59 Å². The molecule has 2 amide bonds. The first-order chi connectivity index (χ1) is 13.7. The maximum atomic E-state index is 13.3. The Balaban J connectivity index is 1.43. The van der Waals surface area contributed by atoms with Crippen molar-refractivity contribution < 1.29 is 14.3 Å². The van der Waals surface area contributed by atoms with Crippen LogP contribution in [0.4, 0.5) is 0 Å². The zero-order valence-electron chi connectivity index (χ0n) is 16.5. The number of carbonyl (C=O) groups excluding carboxylic acids is 2. The van der Waals surface area contributed by atoms with Crippen LogP contribution in [0.3, 0.4) is 0 Å². The van der Waals surface area contributed by atoms with Crippen LogP contribution in [0.2, 0.25) is 0 Å². The molecular formula is C22H29N3O3. The molecule has 150 valence electrons. The Labute approximate surface area is 166 Å². The topological polar surface area (TPSA) is 53.1 Å². The van der Waals surface area contributed by atoms with E-state index in [2.05, 4.69) is 21.9 Å². The van der Waals surface area contributed by atoms with Crippen molar-refractivity contribution in [3.8, 4) is 5.75 Å². The van der Waals surface area contributed by atoms with Gasteiger partial charge in [0.1, 0.15) is 5.75 Å². The van der Waals surface area contributed by atoms with E-state index in [4.69, 9.17) is 4.74 Å². The van der Waals surface area contributed by atoms with E-state index in [0.29, 0.717) is 24.3 Å². The standard InChI is InChI=1S/C22H29N3O3/c1-28-17-5-2-4-16(12-17)18-13-25(20(27)14-24-9-3-6-19(24)26)21-15-7-10-23(11-8-15)22(18)21/h2,4-5,12,15,18,21-22H,3,6-11,13-14H2,1H3/t18-,21-,22-/m1/s1. The number of rotatable bonds is 4. The fraction of sp³-hybridized carbons (Fsp3) is 0.636. The van der Waals surface area contributed by atoms with Crippen LogP contribution < -0.4 is 4.74 Å². The van der Waals surface area contributed by atoms with Gasteiger partial charge in [0.05, 0.1) is 19.7 Å². The molecule has 0 aromatic heterocycles. The summed E-state index contributed by atoms with van der Waals surface area (Å²) in [6, 6.07) is 8.99. The van der Waals surface area contributed by atoms with Gasteiger partial charge in [-0.05, 0) is 56.0 Å². The Kier molecular flexibility index (Phi) is 4.54. The van der Waals surface area contributed by atoms with Gasteiger partial charge >= 0.3 is 0 Å². The Morgan fingerprint density at radius 3 is 2.71 bits per heavy atom. The molecule has 0 spiro atoms. The fourth-order valence-electron chi connectivity index (χ4n) is 6.00. The average Bonchev–Trinajstić information content (AvgIpc) is 3.34. The highest BCUT2D eigenvalue weighted by atomic mass is 16.5. The number of carbonyl (C=O) groups is 2. The van der Waals surface area contributed by atoms with E-state index in [1.54, 1.807) is 12.0 Å². The van der Waals surface area contributed by atoms with Crippen molar-refractivity contribution in [3.63, 3.8) is 0 Å². The van der Waals surface area contributed by atoms with E-state index in [1.165, 1.54) is 18.4 Å². The van der Waals surface area contributed by atoms with E-state index in [-0.39, 0.29) is 24.4 Å². The van der Waals surface area contributed by atoms with Crippen molar-refractivity contribution in [1.29, 1.82) is 0 Å². The Morgan fingerprint density at radius 1 is 1.18 bits per heavy atom. The SMILES string of the molecule is COc1cccc([C@H]2CN(C(=O)CN3CCCC3=O)[C@@H]3C4CCN(CC4)[C@H]23)c1. The minimum atomic E-state index is 0.127. The molecule has 0 radical (unpaired) electrons. The predicted octanol–water partition coefficient (Wildman–Crippen LogP) is 1.71. The summed E-state index contributed by atoms with van der Waals surface area (Å²) >= 11 is 0. The van der Waals surface area contributed by atoms with Crippen LogP contribution in [0.5, 0.6) is 5.75 Å². The highest BCUT2D eigenvalue weighted by molar-refractivity contribution is 5.86. The lowest BCUT2D eigenvalue weighted by Crippen LogP contribution is -2.61. The maximum absolute atomic E-state index is 13.3. The Morgan fingerprint density at radius 2 is 2.00 bits per heavy atom. The molecule has 6 nitrogen and oxygen atoms in total. The smallest absolute Gasteiger partial charge is 0.242 e. The average molecular weight is 383 g/mol. The van der Waals surface area contributed by atoms with Gasteiger partial charge < -0.3 is 14.5 Å². The number of hydrogen-bond acceptors (Lipinski definition) is 4. The van der Waals surface area contributed by atoms with Crippen LogP contribution in [-0.2, 0) is 9.59 Å². The van der Waals surface area contributed by atoms with Crippen molar-refractivity contribution in [2.75, 3.05) is 39.8 Å². The van der Waals surface area contributed by atoms with Crippen LogP contribution in [0.1, 0.15) is 37.2 Å². The van der Waals surface area contributed by atoms with Gasteiger partial charge in [-0.3, -0.25) is 14.5 Å². The molecule has 2 bridgehead atoms. The lowest BCUT2D eigenvalue weighted by molar-refractivity contribution is -0.141. The Hall–Kier alpha value is -2.08. The van der Waals surface area contributed by atoms with E-state index >= 15 is 0 Å². The molecule has 1 aromatic carbocycles. The summed E-state index contributed by atoms with van der Waals surface area (Å²) in [7, 11) is 1.70.